The molecule has 2 aliphatic heterocycles. The summed E-state index contributed by atoms with van der Waals surface area (Å²) in [6.07, 6.45) is 0. The van der Waals surface area contributed by atoms with Gasteiger partial charge in [-0.05, 0) is 18.1 Å². The first-order chi connectivity index (χ1) is 15.2. The number of carbonyl (C=O) groups excluding carboxylic acids is 1. The first-order valence-electron chi connectivity index (χ1n) is 11.5. The van der Waals surface area contributed by atoms with Crippen LogP contribution < -0.4 is 10.6 Å². The molecule has 0 unspecified atom stereocenters. The van der Waals surface area contributed by atoms with Crippen molar-refractivity contribution >= 4 is 11.9 Å². The smallest absolute Gasteiger partial charge is 0.219 e. The first-order valence-corrected chi connectivity index (χ1v) is 11.5. The SMILES string of the molecule is CCNC(=NCc1ccccc1CN1CCOCC1)NCCN1CCN(C(C)=O)CC1. The van der Waals surface area contributed by atoms with Crippen LogP contribution in [0.25, 0.3) is 0 Å². The maximum Gasteiger partial charge on any atom is 0.219 e. The summed E-state index contributed by atoms with van der Waals surface area (Å²) in [7, 11) is 0. The Morgan fingerprint density at radius 2 is 1.71 bits per heavy atom. The Labute approximate surface area is 186 Å². The number of nitrogens with one attached hydrogen (secondary N) is 2. The lowest BCUT2D eigenvalue weighted by Gasteiger charge is -2.34. The Kier molecular flexibility index (Phi) is 9.58. The van der Waals surface area contributed by atoms with Gasteiger partial charge in [-0.15, -0.1) is 0 Å². The molecule has 2 aliphatic rings. The molecule has 0 atom stereocenters. The van der Waals surface area contributed by atoms with Crippen molar-refractivity contribution in [2.75, 3.05) is 72.1 Å². The van der Waals surface area contributed by atoms with Gasteiger partial charge in [-0.2, -0.15) is 0 Å². The van der Waals surface area contributed by atoms with E-state index in [-0.39, 0.29) is 5.91 Å². The van der Waals surface area contributed by atoms with E-state index in [4.69, 9.17) is 9.73 Å². The molecule has 1 amide bonds. The molecular weight excluding hydrogens is 392 g/mol. The standard InChI is InChI=1S/C23H38N6O2/c1-3-24-23(25-8-9-27-10-12-29(13-11-27)20(2)30)26-18-21-6-4-5-7-22(21)19-28-14-16-31-17-15-28/h4-7H,3,8-19H2,1-2H3,(H2,24,25,26). The number of benzene rings is 1. The Morgan fingerprint density at radius 1 is 1.00 bits per heavy atom. The third kappa shape index (κ3) is 7.79. The van der Waals surface area contributed by atoms with Crippen molar-refractivity contribution in [3.63, 3.8) is 0 Å². The second kappa shape index (κ2) is 12.6. The number of rotatable bonds is 8. The minimum atomic E-state index is 0.174. The third-order valence-electron chi connectivity index (χ3n) is 5.91. The number of carbonyl (C=O) groups is 1. The number of hydrogen-bond acceptors (Lipinski definition) is 5. The van der Waals surface area contributed by atoms with E-state index in [1.807, 2.05) is 4.90 Å². The quantitative estimate of drug-likeness (QED) is 0.468. The molecule has 8 heteroatoms. The number of morpholine rings is 1. The Bertz CT molecular complexity index is 712. The van der Waals surface area contributed by atoms with Crippen molar-refractivity contribution < 1.29 is 9.53 Å². The van der Waals surface area contributed by atoms with Crippen LogP contribution in [0.4, 0.5) is 0 Å². The number of piperazine rings is 1. The Hall–Kier alpha value is -2.16. The van der Waals surface area contributed by atoms with Crippen LogP contribution in [0.3, 0.4) is 0 Å². The average molecular weight is 431 g/mol. The van der Waals surface area contributed by atoms with Gasteiger partial charge in [0.2, 0.25) is 5.91 Å². The van der Waals surface area contributed by atoms with E-state index in [1.165, 1.54) is 11.1 Å². The maximum absolute atomic E-state index is 11.5. The number of amides is 1. The zero-order chi connectivity index (χ0) is 21.9. The monoisotopic (exact) mass is 430 g/mol. The highest BCUT2D eigenvalue weighted by Gasteiger charge is 2.18. The minimum absolute atomic E-state index is 0.174. The summed E-state index contributed by atoms with van der Waals surface area (Å²) in [5, 5.41) is 6.82. The van der Waals surface area contributed by atoms with Crippen LogP contribution in [0, 0.1) is 0 Å². The van der Waals surface area contributed by atoms with Gasteiger partial charge < -0.3 is 20.3 Å². The average Bonchev–Trinajstić information content (AvgIpc) is 2.79. The predicted molar refractivity (Wildman–Crippen MR) is 124 cm³/mol. The van der Waals surface area contributed by atoms with Gasteiger partial charge in [-0.3, -0.25) is 14.6 Å². The largest absolute Gasteiger partial charge is 0.379 e. The zero-order valence-electron chi connectivity index (χ0n) is 19.1. The van der Waals surface area contributed by atoms with Gasteiger partial charge in [-0.25, -0.2) is 4.99 Å². The Morgan fingerprint density at radius 3 is 2.39 bits per heavy atom. The van der Waals surface area contributed by atoms with Gasteiger partial charge in [0, 0.05) is 72.4 Å². The molecule has 8 nitrogen and oxygen atoms in total. The van der Waals surface area contributed by atoms with Crippen LogP contribution in [-0.4, -0.2) is 98.7 Å². The van der Waals surface area contributed by atoms with Gasteiger partial charge in [0.1, 0.15) is 0 Å². The lowest BCUT2D eigenvalue weighted by molar-refractivity contribution is -0.130. The topological polar surface area (TPSA) is 72.4 Å². The fourth-order valence-corrected chi connectivity index (χ4v) is 3.99. The van der Waals surface area contributed by atoms with E-state index in [9.17, 15) is 4.79 Å². The molecule has 31 heavy (non-hydrogen) atoms. The minimum Gasteiger partial charge on any atom is -0.379 e. The molecule has 3 rings (SSSR count). The van der Waals surface area contributed by atoms with Crippen LogP contribution in [0.15, 0.2) is 29.3 Å². The van der Waals surface area contributed by atoms with Gasteiger partial charge in [0.25, 0.3) is 0 Å². The summed E-state index contributed by atoms with van der Waals surface area (Å²) in [5.74, 6) is 1.03. The molecule has 0 aromatic heterocycles. The summed E-state index contributed by atoms with van der Waals surface area (Å²) in [6, 6.07) is 8.59. The zero-order valence-corrected chi connectivity index (χ0v) is 19.1. The predicted octanol–water partition coefficient (Wildman–Crippen LogP) is 0.738. The van der Waals surface area contributed by atoms with E-state index >= 15 is 0 Å². The number of hydrogen-bond donors (Lipinski definition) is 2. The highest BCUT2D eigenvalue weighted by atomic mass is 16.5. The van der Waals surface area contributed by atoms with Gasteiger partial charge in [0.05, 0.1) is 19.8 Å². The molecule has 0 aliphatic carbocycles. The van der Waals surface area contributed by atoms with Crippen molar-refractivity contribution in [2.24, 2.45) is 4.99 Å². The summed E-state index contributed by atoms with van der Waals surface area (Å²) in [5.41, 5.74) is 2.61. The molecule has 2 heterocycles. The molecule has 1 aromatic rings. The lowest BCUT2D eigenvalue weighted by Crippen LogP contribution is -2.50. The van der Waals surface area contributed by atoms with E-state index in [2.05, 4.69) is 51.6 Å². The normalized spacial score (nSPS) is 18.8. The summed E-state index contributed by atoms with van der Waals surface area (Å²) < 4.78 is 5.47. The summed E-state index contributed by atoms with van der Waals surface area (Å²) in [4.78, 5) is 23.1. The number of aliphatic imine (C=N–C) groups is 1. The number of guanidine groups is 1. The molecular formula is C23H38N6O2. The molecule has 0 bridgehead atoms. The van der Waals surface area contributed by atoms with Gasteiger partial charge in [0.15, 0.2) is 5.96 Å². The highest BCUT2D eigenvalue weighted by Crippen LogP contribution is 2.14. The molecule has 0 spiro atoms. The van der Waals surface area contributed by atoms with Crippen molar-refractivity contribution in [3.05, 3.63) is 35.4 Å². The van der Waals surface area contributed by atoms with Crippen LogP contribution in [0.2, 0.25) is 0 Å². The van der Waals surface area contributed by atoms with Gasteiger partial charge in [-0.1, -0.05) is 24.3 Å². The first kappa shape index (κ1) is 23.5. The molecule has 172 valence electrons. The van der Waals surface area contributed by atoms with Crippen LogP contribution in [0.1, 0.15) is 25.0 Å². The summed E-state index contributed by atoms with van der Waals surface area (Å²) >= 11 is 0. The molecule has 2 fully saturated rings. The molecule has 2 N–H and O–H groups in total. The van der Waals surface area contributed by atoms with E-state index < -0.39 is 0 Å². The van der Waals surface area contributed by atoms with Crippen molar-refractivity contribution in [2.45, 2.75) is 26.9 Å². The fourth-order valence-electron chi connectivity index (χ4n) is 3.99. The number of nitrogens with zero attached hydrogens (tertiary/aromatic N) is 4. The van der Waals surface area contributed by atoms with E-state index in [1.54, 1.807) is 6.92 Å². The van der Waals surface area contributed by atoms with Crippen LogP contribution in [-0.2, 0) is 22.6 Å². The van der Waals surface area contributed by atoms with Crippen molar-refractivity contribution in [1.82, 2.24) is 25.3 Å². The molecule has 0 saturated carbocycles. The summed E-state index contributed by atoms with van der Waals surface area (Å²) in [6.45, 7) is 15.1. The van der Waals surface area contributed by atoms with Gasteiger partial charge >= 0.3 is 0 Å². The molecule has 1 aromatic carbocycles. The fraction of sp³-hybridized carbons (Fsp3) is 0.652. The second-order valence-corrected chi connectivity index (χ2v) is 8.13. The van der Waals surface area contributed by atoms with E-state index in [0.717, 1.165) is 84.6 Å². The van der Waals surface area contributed by atoms with Crippen molar-refractivity contribution in [3.8, 4) is 0 Å². The van der Waals surface area contributed by atoms with E-state index in [0.29, 0.717) is 6.54 Å². The second-order valence-electron chi connectivity index (χ2n) is 8.13. The molecule has 0 radical (unpaired) electrons. The lowest BCUT2D eigenvalue weighted by atomic mass is 10.1. The van der Waals surface area contributed by atoms with Crippen LogP contribution >= 0.6 is 0 Å². The highest BCUT2D eigenvalue weighted by molar-refractivity contribution is 5.79. The molecule has 2 saturated heterocycles. The Balaban J connectivity index is 1.49. The van der Waals surface area contributed by atoms with Crippen LogP contribution in [0.5, 0.6) is 0 Å². The number of ether oxygens (including phenoxy) is 1. The maximum atomic E-state index is 11.5. The van der Waals surface area contributed by atoms with Crippen molar-refractivity contribution in [1.29, 1.82) is 0 Å². The third-order valence-corrected chi connectivity index (χ3v) is 5.91.